The quantitative estimate of drug-likeness (QED) is 0.595. The Labute approximate surface area is 176 Å². The number of hydrogen-bond acceptors (Lipinski definition) is 4. The van der Waals surface area contributed by atoms with Gasteiger partial charge in [-0.1, -0.05) is 13.0 Å². The molecule has 0 bridgehead atoms. The molecule has 31 heavy (non-hydrogen) atoms. The standard InChI is InChI=1S/C23H18F3N3O2/c1-2-4-20(30)14-10-27-13(9-17(14)26)7-12-8-18(22-15(24)5-3-6-16(22)25)29-19-11-28-23(31)21(12)19/h3,5-6,8-10H,2,4,7,11H2,1H3,(H,28,31). The summed E-state index contributed by atoms with van der Waals surface area (Å²) in [6.07, 6.45) is 2.02. The molecule has 1 aliphatic rings. The molecule has 0 spiro atoms. The van der Waals surface area contributed by atoms with Gasteiger partial charge in [-0.05, 0) is 36.2 Å². The number of aromatic nitrogens is 2. The second kappa shape index (κ2) is 8.29. The third-order valence-corrected chi connectivity index (χ3v) is 5.10. The van der Waals surface area contributed by atoms with Crippen molar-refractivity contribution >= 4 is 11.7 Å². The Morgan fingerprint density at radius 2 is 1.84 bits per heavy atom. The molecule has 0 saturated carbocycles. The van der Waals surface area contributed by atoms with Crippen molar-refractivity contribution in [1.82, 2.24) is 15.3 Å². The molecule has 5 nitrogen and oxygen atoms in total. The Balaban J connectivity index is 1.77. The maximum absolute atomic E-state index is 14.5. The Morgan fingerprint density at radius 3 is 2.52 bits per heavy atom. The molecule has 3 heterocycles. The number of Topliss-reactive ketones (excluding diaryl/α,β-unsaturated/α-hetero) is 1. The summed E-state index contributed by atoms with van der Waals surface area (Å²) in [5.41, 5.74) is 0.985. The summed E-state index contributed by atoms with van der Waals surface area (Å²) >= 11 is 0. The summed E-state index contributed by atoms with van der Waals surface area (Å²) in [6.45, 7) is 1.94. The fourth-order valence-corrected chi connectivity index (χ4v) is 3.65. The van der Waals surface area contributed by atoms with Gasteiger partial charge in [0, 0.05) is 24.7 Å². The highest BCUT2D eigenvalue weighted by atomic mass is 19.1. The largest absolute Gasteiger partial charge is 0.346 e. The van der Waals surface area contributed by atoms with Gasteiger partial charge in [0.15, 0.2) is 5.78 Å². The molecule has 0 saturated heterocycles. The monoisotopic (exact) mass is 425 g/mol. The van der Waals surface area contributed by atoms with Gasteiger partial charge < -0.3 is 5.32 Å². The number of halogens is 3. The van der Waals surface area contributed by atoms with Gasteiger partial charge in [-0.3, -0.25) is 14.6 Å². The van der Waals surface area contributed by atoms with E-state index in [2.05, 4.69) is 15.3 Å². The Morgan fingerprint density at radius 1 is 1.10 bits per heavy atom. The fraction of sp³-hybridized carbons (Fsp3) is 0.217. The van der Waals surface area contributed by atoms with E-state index in [9.17, 15) is 22.8 Å². The molecule has 4 rings (SSSR count). The van der Waals surface area contributed by atoms with Crippen molar-refractivity contribution in [3.63, 3.8) is 0 Å². The van der Waals surface area contributed by atoms with Crippen LogP contribution in [0.5, 0.6) is 0 Å². The summed E-state index contributed by atoms with van der Waals surface area (Å²) < 4.78 is 43.1. The highest BCUT2D eigenvalue weighted by Gasteiger charge is 2.27. The minimum Gasteiger partial charge on any atom is -0.346 e. The van der Waals surface area contributed by atoms with E-state index in [-0.39, 0.29) is 59.2 Å². The highest BCUT2D eigenvalue weighted by molar-refractivity contribution is 5.99. The maximum atomic E-state index is 14.5. The molecule has 1 amide bonds. The summed E-state index contributed by atoms with van der Waals surface area (Å²) in [7, 11) is 0. The first-order chi connectivity index (χ1) is 14.9. The smallest absolute Gasteiger partial charge is 0.253 e. The van der Waals surface area contributed by atoms with Crippen LogP contribution < -0.4 is 5.32 Å². The lowest BCUT2D eigenvalue weighted by Crippen LogP contribution is -2.14. The molecule has 0 aliphatic carbocycles. The van der Waals surface area contributed by atoms with Gasteiger partial charge in [0.25, 0.3) is 5.91 Å². The maximum Gasteiger partial charge on any atom is 0.253 e. The summed E-state index contributed by atoms with van der Waals surface area (Å²) in [5, 5.41) is 2.64. The lowest BCUT2D eigenvalue weighted by Gasteiger charge is -2.11. The molecule has 0 unspecified atom stereocenters. The second-order valence-electron chi connectivity index (χ2n) is 7.27. The Hall–Kier alpha value is -3.55. The number of amides is 1. The van der Waals surface area contributed by atoms with Crippen molar-refractivity contribution in [2.45, 2.75) is 32.7 Å². The van der Waals surface area contributed by atoms with Crippen LogP contribution in [0.3, 0.4) is 0 Å². The fourth-order valence-electron chi connectivity index (χ4n) is 3.65. The first-order valence-corrected chi connectivity index (χ1v) is 9.82. The van der Waals surface area contributed by atoms with Gasteiger partial charge in [0.1, 0.15) is 17.5 Å². The number of fused-ring (bicyclic) bond motifs is 1. The predicted octanol–water partition coefficient (Wildman–Crippen LogP) is 4.38. The van der Waals surface area contributed by atoms with E-state index in [1.807, 2.05) is 6.92 Å². The second-order valence-corrected chi connectivity index (χ2v) is 7.27. The highest BCUT2D eigenvalue weighted by Crippen LogP contribution is 2.30. The van der Waals surface area contributed by atoms with Crippen LogP contribution in [0, 0.1) is 17.5 Å². The van der Waals surface area contributed by atoms with Gasteiger partial charge in [0.2, 0.25) is 0 Å². The predicted molar refractivity (Wildman–Crippen MR) is 107 cm³/mol. The number of hydrogen-bond donors (Lipinski definition) is 1. The Kier molecular flexibility index (Phi) is 5.54. The lowest BCUT2D eigenvalue weighted by atomic mass is 9.98. The SMILES string of the molecule is CCCC(=O)c1cnc(Cc2cc(-c3c(F)cccc3F)nc3c2C(=O)NC3)cc1F. The van der Waals surface area contributed by atoms with E-state index in [1.54, 1.807) is 0 Å². The number of benzene rings is 1. The van der Waals surface area contributed by atoms with Gasteiger partial charge in [-0.2, -0.15) is 0 Å². The van der Waals surface area contributed by atoms with Crippen LogP contribution in [0.25, 0.3) is 11.3 Å². The zero-order valence-corrected chi connectivity index (χ0v) is 16.6. The third-order valence-electron chi connectivity index (χ3n) is 5.10. The van der Waals surface area contributed by atoms with E-state index in [1.165, 1.54) is 18.3 Å². The zero-order chi connectivity index (χ0) is 22.1. The topological polar surface area (TPSA) is 72.0 Å². The summed E-state index contributed by atoms with van der Waals surface area (Å²) in [4.78, 5) is 32.7. The lowest BCUT2D eigenvalue weighted by molar-refractivity contribution is 0.0961. The molecule has 2 aromatic heterocycles. The number of carbonyl (C=O) groups excluding carboxylic acids is 2. The number of nitrogens with one attached hydrogen (secondary N) is 1. The summed E-state index contributed by atoms with van der Waals surface area (Å²) in [6, 6.07) is 6.06. The molecular weight excluding hydrogens is 407 g/mol. The number of nitrogens with zero attached hydrogens (tertiary/aromatic N) is 2. The van der Waals surface area contributed by atoms with E-state index >= 15 is 0 Å². The number of ketones is 1. The van der Waals surface area contributed by atoms with E-state index in [4.69, 9.17) is 0 Å². The molecule has 0 radical (unpaired) electrons. The van der Waals surface area contributed by atoms with Crippen molar-refractivity contribution < 1.29 is 22.8 Å². The molecule has 158 valence electrons. The van der Waals surface area contributed by atoms with E-state index in [0.29, 0.717) is 17.7 Å². The number of pyridine rings is 2. The van der Waals surface area contributed by atoms with Gasteiger partial charge in [0.05, 0.1) is 34.6 Å². The van der Waals surface area contributed by atoms with Gasteiger partial charge in [-0.15, -0.1) is 0 Å². The Bertz CT molecular complexity index is 1190. The van der Waals surface area contributed by atoms with Crippen LogP contribution in [-0.4, -0.2) is 21.7 Å². The molecule has 3 aromatic rings. The normalized spacial score (nSPS) is 12.6. The number of carbonyl (C=O) groups is 2. The molecule has 0 atom stereocenters. The van der Waals surface area contributed by atoms with Crippen LogP contribution >= 0.6 is 0 Å². The van der Waals surface area contributed by atoms with Crippen LogP contribution in [-0.2, 0) is 13.0 Å². The minimum absolute atomic E-state index is 0.0283. The van der Waals surface area contributed by atoms with Gasteiger partial charge >= 0.3 is 0 Å². The van der Waals surface area contributed by atoms with Crippen molar-refractivity contribution in [3.8, 4) is 11.3 Å². The van der Waals surface area contributed by atoms with Gasteiger partial charge in [-0.25, -0.2) is 18.2 Å². The third kappa shape index (κ3) is 3.93. The average Bonchev–Trinajstić information content (AvgIpc) is 3.09. The molecule has 1 aromatic carbocycles. The molecular formula is C23H18F3N3O2. The van der Waals surface area contributed by atoms with E-state index < -0.39 is 17.5 Å². The van der Waals surface area contributed by atoms with Crippen molar-refractivity contribution in [1.29, 1.82) is 0 Å². The first kappa shape index (κ1) is 20.7. The number of rotatable bonds is 6. The van der Waals surface area contributed by atoms with Crippen LogP contribution in [0.4, 0.5) is 13.2 Å². The van der Waals surface area contributed by atoms with E-state index in [0.717, 1.165) is 18.2 Å². The average molecular weight is 425 g/mol. The molecule has 8 heteroatoms. The summed E-state index contributed by atoms with van der Waals surface area (Å²) in [5.74, 6) is -2.95. The minimum atomic E-state index is -0.779. The molecule has 1 aliphatic heterocycles. The van der Waals surface area contributed by atoms with Crippen molar-refractivity contribution in [2.24, 2.45) is 0 Å². The molecule has 0 fully saturated rings. The van der Waals surface area contributed by atoms with Crippen LogP contribution in [0.1, 0.15) is 57.4 Å². The molecule has 1 N–H and O–H groups in total. The zero-order valence-electron chi connectivity index (χ0n) is 16.6. The van der Waals surface area contributed by atoms with Crippen LogP contribution in [0.15, 0.2) is 36.5 Å². The van der Waals surface area contributed by atoms with Crippen molar-refractivity contribution in [2.75, 3.05) is 0 Å². The first-order valence-electron chi connectivity index (χ1n) is 9.82. The van der Waals surface area contributed by atoms with Crippen LogP contribution in [0.2, 0.25) is 0 Å². The van der Waals surface area contributed by atoms with Crippen molar-refractivity contribution in [3.05, 3.63) is 82.1 Å².